The molecule has 0 saturated heterocycles. The van der Waals surface area contributed by atoms with Crippen molar-refractivity contribution in [2.24, 2.45) is 4.99 Å². The fraction of sp³-hybridized carbons (Fsp3) is 0.316. The standard InChI is InChI=1S/C19H23F2N3O.HI/c1-12-7-14(9-16(8-12)25-4)11-23-19(22-3)24-13(2)17-6-5-15(20)10-18(17)21;/h5-10,13H,11H2,1-4H3,(H2,22,23,24);1H. The lowest BCUT2D eigenvalue weighted by molar-refractivity contribution is 0.414. The van der Waals surface area contributed by atoms with Crippen molar-refractivity contribution >= 4 is 29.9 Å². The average molecular weight is 475 g/mol. The Kier molecular flexibility index (Phi) is 8.77. The van der Waals surface area contributed by atoms with Crippen molar-refractivity contribution in [1.82, 2.24) is 10.6 Å². The van der Waals surface area contributed by atoms with Crippen LogP contribution >= 0.6 is 24.0 Å². The molecule has 1 atom stereocenters. The number of nitrogens with one attached hydrogen (secondary N) is 2. The lowest BCUT2D eigenvalue weighted by atomic mass is 10.1. The van der Waals surface area contributed by atoms with Crippen molar-refractivity contribution in [3.63, 3.8) is 0 Å². The number of methoxy groups -OCH3 is 1. The average Bonchev–Trinajstić information content (AvgIpc) is 2.57. The van der Waals surface area contributed by atoms with Crippen molar-refractivity contribution in [2.45, 2.75) is 26.4 Å². The molecule has 0 aliphatic heterocycles. The van der Waals surface area contributed by atoms with Crippen LogP contribution in [0.1, 0.15) is 29.7 Å². The van der Waals surface area contributed by atoms with Gasteiger partial charge in [0.1, 0.15) is 17.4 Å². The van der Waals surface area contributed by atoms with Gasteiger partial charge in [-0.05, 0) is 43.2 Å². The number of halogens is 3. The molecule has 0 aliphatic rings. The number of nitrogens with zero attached hydrogens (tertiary/aromatic N) is 1. The van der Waals surface area contributed by atoms with Crippen molar-refractivity contribution in [2.75, 3.05) is 14.2 Å². The van der Waals surface area contributed by atoms with Crippen LogP contribution in [0, 0.1) is 18.6 Å². The topological polar surface area (TPSA) is 45.7 Å². The number of guanidine groups is 1. The Morgan fingerprint density at radius 1 is 1.19 bits per heavy atom. The number of ether oxygens (including phenoxy) is 1. The summed E-state index contributed by atoms with van der Waals surface area (Å²) in [4.78, 5) is 4.15. The van der Waals surface area contributed by atoms with E-state index in [4.69, 9.17) is 4.74 Å². The van der Waals surface area contributed by atoms with E-state index in [1.165, 1.54) is 12.1 Å². The van der Waals surface area contributed by atoms with Gasteiger partial charge in [0.2, 0.25) is 0 Å². The van der Waals surface area contributed by atoms with Crippen LogP contribution in [-0.4, -0.2) is 20.1 Å². The van der Waals surface area contributed by atoms with Crippen LogP contribution in [-0.2, 0) is 6.54 Å². The molecule has 26 heavy (non-hydrogen) atoms. The minimum absolute atomic E-state index is 0. The molecule has 0 spiro atoms. The zero-order valence-electron chi connectivity index (χ0n) is 15.3. The van der Waals surface area contributed by atoms with E-state index >= 15 is 0 Å². The number of hydrogen-bond donors (Lipinski definition) is 2. The van der Waals surface area contributed by atoms with Crippen molar-refractivity contribution in [3.8, 4) is 5.75 Å². The summed E-state index contributed by atoms with van der Waals surface area (Å²) >= 11 is 0. The lowest BCUT2D eigenvalue weighted by Crippen LogP contribution is -2.38. The Labute approximate surface area is 170 Å². The van der Waals surface area contributed by atoms with Gasteiger partial charge < -0.3 is 15.4 Å². The summed E-state index contributed by atoms with van der Waals surface area (Å²) in [5.74, 6) is 0.140. The van der Waals surface area contributed by atoms with E-state index in [-0.39, 0.29) is 30.0 Å². The van der Waals surface area contributed by atoms with Gasteiger partial charge in [-0.25, -0.2) is 8.78 Å². The third-order valence-electron chi connectivity index (χ3n) is 3.81. The number of aliphatic imine (C=N–C) groups is 1. The second-order valence-corrected chi connectivity index (χ2v) is 5.82. The first kappa shape index (κ1) is 22.1. The van der Waals surface area contributed by atoms with E-state index < -0.39 is 11.6 Å². The molecule has 7 heteroatoms. The maximum absolute atomic E-state index is 13.9. The van der Waals surface area contributed by atoms with Crippen molar-refractivity contribution in [1.29, 1.82) is 0 Å². The van der Waals surface area contributed by atoms with Gasteiger partial charge in [0, 0.05) is 25.2 Å². The minimum atomic E-state index is -0.593. The largest absolute Gasteiger partial charge is 0.497 e. The number of benzene rings is 2. The van der Waals surface area contributed by atoms with Crippen LogP contribution in [0.5, 0.6) is 5.75 Å². The molecule has 0 amide bonds. The van der Waals surface area contributed by atoms with Crippen LogP contribution in [0.2, 0.25) is 0 Å². The molecule has 4 nitrogen and oxygen atoms in total. The lowest BCUT2D eigenvalue weighted by Gasteiger charge is -2.19. The third kappa shape index (κ3) is 6.12. The first-order valence-corrected chi connectivity index (χ1v) is 7.99. The molecule has 2 aromatic carbocycles. The van der Waals surface area contributed by atoms with Gasteiger partial charge in [0.25, 0.3) is 0 Å². The second-order valence-electron chi connectivity index (χ2n) is 5.82. The highest BCUT2D eigenvalue weighted by Crippen LogP contribution is 2.18. The Morgan fingerprint density at radius 3 is 2.54 bits per heavy atom. The zero-order valence-corrected chi connectivity index (χ0v) is 17.6. The number of aryl methyl sites for hydroxylation is 1. The van der Waals surface area contributed by atoms with Gasteiger partial charge in [-0.15, -0.1) is 24.0 Å². The molecule has 142 valence electrons. The summed E-state index contributed by atoms with van der Waals surface area (Å²) in [7, 11) is 3.27. The Balaban J connectivity index is 0.00000338. The van der Waals surface area contributed by atoms with E-state index in [0.717, 1.165) is 22.9 Å². The zero-order chi connectivity index (χ0) is 18.4. The van der Waals surface area contributed by atoms with E-state index in [0.29, 0.717) is 18.1 Å². The quantitative estimate of drug-likeness (QED) is 0.385. The van der Waals surface area contributed by atoms with Crippen LogP contribution in [0.3, 0.4) is 0 Å². The molecule has 0 saturated carbocycles. The molecule has 0 radical (unpaired) electrons. The van der Waals surface area contributed by atoms with Gasteiger partial charge in [0.05, 0.1) is 13.2 Å². The smallest absolute Gasteiger partial charge is 0.191 e. The summed E-state index contributed by atoms with van der Waals surface area (Å²) < 4.78 is 32.2. The third-order valence-corrected chi connectivity index (χ3v) is 3.81. The first-order valence-electron chi connectivity index (χ1n) is 7.99. The predicted octanol–water partition coefficient (Wildman–Crippen LogP) is 4.33. The maximum atomic E-state index is 13.9. The number of rotatable bonds is 5. The molecular formula is C19H24F2IN3O. The molecule has 2 aromatic rings. The summed E-state index contributed by atoms with van der Waals surface area (Å²) in [5.41, 5.74) is 2.52. The van der Waals surface area contributed by atoms with Crippen molar-refractivity contribution < 1.29 is 13.5 Å². The highest BCUT2D eigenvalue weighted by atomic mass is 127. The van der Waals surface area contributed by atoms with Gasteiger partial charge >= 0.3 is 0 Å². The summed E-state index contributed by atoms with van der Waals surface area (Å²) in [6, 6.07) is 9.13. The normalized spacial score (nSPS) is 12.2. The van der Waals surface area contributed by atoms with E-state index in [1.54, 1.807) is 21.1 Å². The molecule has 0 fully saturated rings. The van der Waals surface area contributed by atoms with Crippen LogP contribution in [0.25, 0.3) is 0 Å². The van der Waals surface area contributed by atoms with Gasteiger partial charge in [0.15, 0.2) is 5.96 Å². The molecular weight excluding hydrogens is 451 g/mol. The summed E-state index contributed by atoms with van der Waals surface area (Å²) in [6.45, 7) is 4.33. The number of hydrogen-bond acceptors (Lipinski definition) is 2. The first-order chi connectivity index (χ1) is 11.9. The highest BCUT2D eigenvalue weighted by molar-refractivity contribution is 14.0. The molecule has 0 aromatic heterocycles. The van der Waals surface area contributed by atoms with Gasteiger partial charge in [-0.3, -0.25) is 4.99 Å². The van der Waals surface area contributed by atoms with Crippen LogP contribution in [0.4, 0.5) is 8.78 Å². The van der Waals surface area contributed by atoms with E-state index in [1.807, 2.05) is 25.1 Å². The fourth-order valence-electron chi connectivity index (χ4n) is 2.56. The molecule has 1 unspecified atom stereocenters. The fourth-order valence-corrected chi connectivity index (χ4v) is 2.56. The Morgan fingerprint density at radius 2 is 1.92 bits per heavy atom. The molecule has 0 aliphatic carbocycles. The maximum Gasteiger partial charge on any atom is 0.191 e. The summed E-state index contributed by atoms with van der Waals surface area (Å²) in [5, 5.41) is 6.28. The van der Waals surface area contributed by atoms with Gasteiger partial charge in [-0.1, -0.05) is 12.1 Å². The van der Waals surface area contributed by atoms with Crippen LogP contribution in [0.15, 0.2) is 41.4 Å². The molecule has 2 N–H and O–H groups in total. The Bertz CT molecular complexity index is 768. The Hall–Kier alpha value is -1.90. The molecule has 0 heterocycles. The predicted molar refractivity (Wildman–Crippen MR) is 111 cm³/mol. The van der Waals surface area contributed by atoms with Crippen LogP contribution < -0.4 is 15.4 Å². The van der Waals surface area contributed by atoms with Crippen molar-refractivity contribution in [3.05, 3.63) is 64.7 Å². The second kappa shape index (κ2) is 10.3. The molecule has 2 rings (SSSR count). The summed E-state index contributed by atoms with van der Waals surface area (Å²) in [6.07, 6.45) is 0. The van der Waals surface area contributed by atoms with E-state index in [2.05, 4.69) is 15.6 Å². The SMILES string of the molecule is CN=C(NCc1cc(C)cc(OC)c1)NC(C)c1ccc(F)cc1F.I. The monoisotopic (exact) mass is 475 g/mol. The highest BCUT2D eigenvalue weighted by Gasteiger charge is 2.13. The minimum Gasteiger partial charge on any atom is -0.497 e. The van der Waals surface area contributed by atoms with Gasteiger partial charge in [-0.2, -0.15) is 0 Å². The van der Waals surface area contributed by atoms with E-state index in [9.17, 15) is 8.78 Å². The molecule has 0 bridgehead atoms.